The van der Waals surface area contributed by atoms with E-state index in [1.807, 2.05) is 29.8 Å². The minimum atomic E-state index is -0.161. The van der Waals surface area contributed by atoms with Gasteiger partial charge in [-0.3, -0.25) is 9.48 Å². The SMILES string of the molecule is Cc1ccc(Cn2nc(C)c3cc(C(=O)Nc4ccccc4Cl)sc32)cc1. The summed E-state index contributed by atoms with van der Waals surface area (Å²) >= 11 is 7.59. The monoisotopic (exact) mass is 395 g/mol. The topological polar surface area (TPSA) is 46.9 Å². The van der Waals surface area contributed by atoms with Crippen LogP contribution in [0.5, 0.6) is 0 Å². The Hall–Kier alpha value is -2.63. The summed E-state index contributed by atoms with van der Waals surface area (Å²) in [4.78, 5) is 14.3. The molecule has 0 radical (unpaired) electrons. The molecule has 4 nitrogen and oxygen atoms in total. The van der Waals surface area contributed by atoms with Crippen molar-refractivity contribution in [3.63, 3.8) is 0 Å². The van der Waals surface area contributed by atoms with Crippen LogP contribution in [0.4, 0.5) is 5.69 Å². The molecule has 0 spiro atoms. The van der Waals surface area contributed by atoms with E-state index in [9.17, 15) is 4.79 Å². The molecule has 1 N–H and O–H groups in total. The van der Waals surface area contributed by atoms with Gasteiger partial charge in [-0.05, 0) is 37.6 Å². The van der Waals surface area contributed by atoms with Crippen molar-refractivity contribution in [2.45, 2.75) is 20.4 Å². The third kappa shape index (κ3) is 3.61. The van der Waals surface area contributed by atoms with E-state index in [2.05, 4.69) is 41.6 Å². The lowest BCUT2D eigenvalue weighted by Crippen LogP contribution is -2.10. The average molecular weight is 396 g/mol. The van der Waals surface area contributed by atoms with Crippen molar-refractivity contribution >= 4 is 44.7 Å². The number of hydrogen-bond acceptors (Lipinski definition) is 3. The van der Waals surface area contributed by atoms with Crippen LogP contribution in [-0.4, -0.2) is 15.7 Å². The zero-order chi connectivity index (χ0) is 19.0. The van der Waals surface area contributed by atoms with Crippen molar-refractivity contribution in [2.75, 3.05) is 5.32 Å². The Morgan fingerprint density at radius 3 is 2.63 bits per heavy atom. The molecule has 4 rings (SSSR count). The average Bonchev–Trinajstić information content (AvgIpc) is 3.21. The third-order valence-electron chi connectivity index (χ3n) is 4.41. The number of fused-ring (bicyclic) bond motifs is 1. The van der Waals surface area contributed by atoms with Gasteiger partial charge in [-0.1, -0.05) is 53.6 Å². The molecule has 0 unspecified atom stereocenters. The highest BCUT2D eigenvalue weighted by Crippen LogP contribution is 2.30. The van der Waals surface area contributed by atoms with Gasteiger partial charge in [0, 0.05) is 5.39 Å². The van der Waals surface area contributed by atoms with Gasteiger partial charge in [-0.2, -0.15) is 5.10 Å². The number of carbonyl (C=O) groups is 1. The van der Waals surface area contributed by atoms with Gasteiger partial charge in [0.25, 0.3) is 5.91 Å². The molecule has 4 aromatic rings. The van der Waals surface area contributed by atoms with Gasteiger partial charge < -0.3 is 5.32 Å². The first-order chi connectivity index (χ1) is 13.0. The number of benzene rings is 2. The lowest BCUT2D eigenvalue weighted by atomic mass is 10.1. The molecule has 27 heavy (non-hydrogen) atoms. The predicted molar refractivity (Wildman–Crippen MR) is 112 cm³/mol. The van der Waals surface area contributed by atoms with Crippen molar-refractivity contribution in [1.82, 2.24) is 9.78 Å². The van der Waals surface area contributed by atoms with Gasteiger partial charge in [0.05, 0.1) is 27.8 Å². The third-order valence-corrected chi connectivity index (χ3v) is 5.88. The standard InChI is InChI=1S/C21H18ClN3OS/c1-13-7-9-15(10-8-13)12-25-21-16(14(2)24-25)11-19(27-21)20(26)23-18-6-4-3-5-17(18)22/h3-11H,12H2,1-2H3,(H,23,26). The molecular formula is C21H18ClN3OS. The molecule has 0 atom stereocenters. The summed E-state index contributed by atoms with van der Waals surface area (Å²) < 4.78 is 1.96. The molecule has 0 aliphatic rings. The summed E-state index contributed by atoms with van der Waals surface area (Å²) in [6.07, 6.45) is 0. The van der Waals surface area contributed by atoms with E-state index < -0.39 is 0 Å². The maximum Gasteiger partial charge on any atom is 0.265 e. The fourth-order valence-electron chi connectivity index (χ4n) is 2.94. The smallest absolute Gasteiger partial charge is 0.265 e. The summed E-state index contributed by atoms with van der Waals surface area (Å²) in [6, 6.07) is 17.5. The van der Waals surface area contributed by atoms with E-state index >= 15 is 0 Å². The summed E-state index contributed by atoms with van der Waals surface area (Å²) in [6.45, 7) is 4.72. The van der Waals surface area contributed by atoms with E-state index in [4.69, 9.17) is 11.6 Å². The Balaban J connectivity index is 1.63. The zero-order valence-electron chi connectivity index (χ0n) is 15.0. The van der Waals surface area contributed by atoms with E-state index in [1.54, 1.807) is 12.1 Å². The number of aromatic nitrogens is 2. The molecule has 2 aromatic heterocycles. The molecular weight excluding hydrogens is 378 g/mol. The van der Waals surface area contributed by atoms with Gasteiger partial charge in [0.1, 0.15) is 4.83 Å². The highest BCUT2D eigenvalue weighted by atomic mass is 35.5. The second kappa shape index (κ2) is 7.18. The molecule has 0 aliphatic carbocycles. The Morgan fingerprint density at radius 2 is 1.89 bits per heavy atom. The number of halogens is 1. The van der Waals surface area contributed by atoms with E-state index in [-0.39, 0.29) is 5.91 Å². The van der Waals surface area contributed by atoms with Gasteiger partial charge in [-0.25, -0.2) is 0 Å². The molecule has 1 amide bonds. The van der Waals surface area contributed by atoms with Crippen LogP contribution in [0.1, 0.15) is 26.5 Å². The largest absolute Gasteiger partial charge is 0.320 e. The molecule has 0 saturated heterocycles. The van der Waals surface area contributed by atoms with Crippen LogP contribution in [0.3, 0.4) is 0 Å². The Morgan fingerprint density at radius 1 is 1.15 bits per heavy atom. The lowest BCUT2D eigenvalue weighted by molar-refractivity contribution is 0.103. The number of aryl methyl sites for hydroxylation is 2. The number of anilines is 1. The van der Waals surface area contributed by atoms with Gasteiger partial charge in [0.15, 0.2) is 0 Å². The Labute approximate surface area is 166 Å². The molecule has 0 saturated carbocycles. The second-order valence-electron chi connectivity index (χ2n) is 6.49. The number of para-hydroxylation sites is 1. The van der Waals surface area contributed by atoms with Crippen molar-refractivity contribution in [1.29, 1.82) is 0 Å². The van der Waals surface area contributed by atoms with Crippen LogP contribution < -0.4 is 5.32 Å². The molecule has 6 heteroatoms. The molecule has 0 bridgehead atoms. The summed E-state index contributed by atoms with van der Waals surface area (Å²) in [5, 5.41) is 9.05. The van der Waals surface area contributed by atoms with Crippen LogP contribution in [0.25, 0.3) is 10.2 Å². The normalized spacial score (nSPS) is 11.1. The fourth-order valence-corrected chi connectivity index (χ4v) is 4.18. The van der Waals surface area contributed by atoms with Gasteiger partial charge in [-0.15, -0.1) is 11.3 Å². The zero-order valence-corrected chi connectivity index (χ0v) is 16.6. The minimum Gasteiger partial charge on any atom is -0.320 e. The number of hydrogen-bond donors (Lipinski definition) is 1. The highest BCUT2D eigenvalue weighted by molar-refractivity contribution is 7.20. The van der Waals surface area contributed by atoms with Crippen LogP contribution in [0.15, 0.2) is 54.6 Å². The Kier molecular flexibility index (Phi) is 4.72. The number of carbonyl (C=O) groups excluding carboxylic acids is 1. The number of nitrogens with one attached hydrogen (secondary N) is 1. The minimum absolute atomic E-state index is 0.161. The maximum atomic E-state index is 12.7. The van der Waals surface area contributed by atoms with E-state index in [0.717, 1.165) is 15.9 Å². The molecule has 0 fully saturated rings. The Bertz CT molecular complexity index is 1130. The first-order valence-electron chi connectivity index (χ1n) is 8.59. The van der Waals surface area contributed by atoms with Crippen molar-refractivity contribution in [2.24, 2.45) is 0 Å². The van der Waals surface area contributed by atoms with E-state index in [0.29, 0.717) is 22.1 Å². The quantitative estimate of drug-likeness (QED) is 0.484. The number of amides is 1. The van der Waals surface area contributed by atoms with Crippen LogP contribution >= 0.6 is 22.9 Å². The maximum absolute atomic E-state index is 12.7. The number of rotatable bonds is 4. The van der Waals surface area contributed by atoms with Crippen molar-refractivity contribution in [3.05, 3.63) is 81.3 Å². The molecule has 0 aliphatic heterocycles. The van der Waals surface area contributed by atoms with Crippen molar-refractivity contribution in [3.8, 4) is 0 Å². The molecule has 2 aromatic carbocycles. The van der Waals surface area contributed by atoms with Crippen molar-refractivity contribution < 1.29 is 4.79 Å². The predicted octanol–water partition coefficient (Wildman–Crippen LogP) is 5.67. The summed E-state index contributed by atoms with van der Waals surface area (Å²) in [5.74, 6) is -0.161. The number of thiophene rings is 1. The van der Waals surface area contributed by atoms with Gasteiger partial charge in [0.2, 0.25) is 0 Å². The van der Waals surface area contributed by atoms with Crippen LogP contribution in [0, 0.1) is 13.8 Å². The van der Waals surface area contributed by atoms with E-state index in [1.165, 1.54) is 22.5 Å². The number of nitrogens with zero attached hydrogens (tertiary/aromatic N) is 2. The summed E-state index contributed by atoms with van der Waals surface area (Å²) in [7, 11) is 0. The fraction of sp³-hybridized carbons (Fsp3) is 0.143. The first kappa shape index (κ1) is 17.8. The lowest BCUT2D eigenvalue weighted by Gasteiger charge is -2.05. The molecule has 136 valence electrons. The van der Waals surface area contributed by atoms with Crippen LogP contribution in [0.2, 0.25) is 5.02 Å². The first-order valence-corrected chi connectivity index (χ1v) is 9.79. The highest BCUT2D eigenvalue weighted by Gasteiger charge is 2.17. The molecule has 2 heterocycles. The van der Waals surface area contributed by atoms with Gasteiger partial charge >= 0.3 is 0 Å². The second-order valence-corrected chi connectivity index (χ2v) is 7.93. The summed E-state index contributed by atoms with van der Waals surface area (Å²) in [5.41, 5.74) is 3.94. The van der Waals surface area contributed by atoms with Crippen LogP contribution in [-0.2, 0) is 6.54 Å².